The molecule has 1 nitrogen and oxygen atoms in total. The van der Waals surface area contributed by atoms with E-state index < -0.39 is 11.7 Å². The first-order chi connectivity index (χ1) is 8.38. The Balaban J connectivity index is 0.00000180. The Labute approximate surface area is 120 Å². The Morgan fingerprint density at radius 1 is 1.05 bits per heavy atom. The van der Waals surface area contributed by atoms with Crippen molar-refractivity contribution in [2.45, 2.75) is 12.7 Å². The standard InChI is InChI=1S/C14H14F3N.BrH/c1-18(2)9-10-6-7-11-4-3-5-13(12(11)8-10)14(15,16)17;/h3-8H,9H2,1-2H3;1H. The molecule has 0 heterocycles. The molecule has 0 atom stereocenters. The average Bonchev–Trinajstić information content (AvgIpc) is 2.26. The lowest BCUT2D eigenvalue weighted by atomic mass is 10.0. The summed E-state index contributed by atoms with van der Waals surface area (Å²) in [7, 11) is 3.78. The van der Waals surface area contributed by atoms with Crippen molar-refractivity contribution < 1.29 is 13.2 Å². The van der Waals surface area contributed by atoms with Crippen LogP contribution in [-0.2, 0) is 12.7 Å². The molecule has 0 fully saturated rings. The van der Waals surface area contributed by atoms with Gasteiger partial charge in [-0.15, -0.1) is 17.0 Å². The van der Waals surface area contributed by atoms with E-state index in [4.69, 9.17) is 0 Å². The molecule has 0 unspecified atom stereocenters. The molecular formula is C14H15BrF3N. The predicted molar refractivity (Wildman–Crippen MR) is 76.7 cm³/mol. The third-order valence-corrected chi connectivity index (χ3v) is 2.75. The topological polar surface area (TPSA) is 3.24 Å². The maximum absolute atomic E-state index is 12.9. The third-order valence-electron chi connectivity index (χ3n) is 2.75. The third kappa shape index (κ3) is 3.70. The summed E-state index contributed by atoms with van der Waals surface area (Å²) in [6, 6.07) is 9.49. The van der Waals surface area contributed by atoms with Crippen molar-refractivity contribution in [1.82, 2.24) is 4.90 Å². The molecule has 2 aromatic rings. The van der Waals surface area contributed by atoms with Gasteiger partial charge in [0.05, 0.1) is 5.56 Å². The Kier molecular flexibility index (Phi) is 4.98. The maximum atomic E-state index is 12.9. The molecule has 0 aliphatic rings. The highest BCUT2D eigenvalue weighted by atomic mass is 79.9. The van der Waals surface area contributed by atoms with E-state index >= 15 is 0 Å². The predicted octanol–water partition coefficient (Wildman–Crippen LogP) is 4.50. The molecule has 0 amide bonds. The summed E-state index contributed by atoms with van der Waals surface area (Å²) in [5.41, 5.74) is 0.310. The number of rotatable bonds is 2. The minimum absolute atomic E-state index is 0. The SMILES string of the molecule is Br.CN(C)Cc1ccc2cccc(C(F)(F)F)c2c1. The summed E-state index contributed by atoms with van der Waals surface area (Å²) in [4.78, 5) is 1.93. The summed E-state index contributed by atoms with van der Waals surface area (Å²) < 4.78 is 38.7. The minimum atomic E-state index is -4.31. The molecule has 0 bridgehead atoms. The highest BCUT2D eigenvalue weighted by Gasteiger charge is 2.32. The van der Waals surface area contributed by atoms with E-state index in [2.05, 4.69) is 0 Å². The van der Waals surface area contributed by atoms with Gasteiger partial charge in [0.2, 0.25) is 0 Å². The van der Waals surface area contributed by atoms with Crippen molar-refractivity contribution in [3.63, 3.8) is 0 Å². The lowest BCUT2D eigenvalue weighted by Gasteiger charge is -2.13. The lowest BCUT2D eigenvalue weighted by molar-refractivity contribution is -0.136. The summed E-state index contributed by atoms with van der Waals surface area (Å²) >= 11 is 0. The van der Waals surface area contributed by atoms with Gasteiger partial charge in [0.1, 0.15) is 0 Å². The highest BCUT2D eigenvalue weighted by molar-refractivity contribution is 8.93. The Bertz CT molecular complexity index is 564. The van der Waals surface area contributed by atoms with E-state index in [0.717, 1.165) is 11.6 Å². The van der Waals surface area contributed by atoms with Gasteiger partial charge in [-0.2, -0.15) is 13.2 Å². The van der Waals surface area contributed by atoms with Gasteiger partial charge in [0.25, 0.3) is 0 Å². The van der Waals surface area contributed by atoms with Crippen molar-refractivity contribution in [1.29, 1.82) is 0 Å². The smallest absolute Gasteiger partial charge is 0.305 e. The molecule has 0 aliphatic carbocycles. The second-order valence-electron chi connectivity index (χ2n) is 4.60. The maximum Gasteiger partial charge on any atom is 0.417 e. The van der Waals surface area contributed by atoms with Crippen LogP contribution >= 0.6 is 17.0 Å². The molecule has 2 aromatic carbocycles. The second kappa shape index (κ2) is 5.92. The van der Waals surface area contributed by atoms with Gasteiger partial charge in [-0.25, -0.2) is 0 Å². The fourth-order valence-corrected chi connectivity index (χ4v) is 2.03. The molecule has 0 saturated carbocycles. The van der Waals surface area contributed by atoms with Gasteiger partial charge in [-0.3, -0.25) is 0 Å². The zero-order valence-corrected chi connectivity index (χ0v) is 12.4. The van der Waals surface area contributed by atoms with Crippen LogP contribution in [0.3, 0.4) is 0 Å². The van der Waals surface area contributed by atoms with Crippen LogP contribution in [0.1, 0.15) is 11.1 Å². The molecule has 19 heavy (non-hydrogen) atoms. The fourth-order valence-electron chi connectivity index (χ4n) is 2.03. The average molecular weight is 334 g/mol. The molecule has 2 rings (SSSR count). The molecule has 0 aromatic heterocycles. The zero-order chi connectivity index (χ0) is 13.3. The van der Waals surface area contributed by atoms with E-state index in [-0.39, 0.29) is 22.4 Å². The highest BCUT2D eigenvalue weighted by Crippen LogP contribution is 2.35. The molecule has 0 N–H and O–H groups in total. The molecule has 0 saturated heterocycles. The van der Waals surface area contributed by atoms with Crippen LogP contribution in [0.15, 0.2) is 36.4 Å². The van der Waals surface area contributed by atoms with E-state index in [1.807, 2.05) is 25.1 Å². The van der Waals surface area contributed by atoms with Crippen LogP contribution in [0.25, 0.3) is 10.8 Å². The first-order valence-corrected chi connectivity index (χ1v) is 5.61. The Hall–Kier alpha value is -1.07. The van der Waals surface area contributed by atoms with E-state index in [1.165, 1.54) is 6.07 Å². The summed E-state index contributed by atoms with van der Waals surface area (Å²) in [5, 5.41) is 0.886. The van der Waals surface area contributed by atoms with Crippen LogP contribution in [0.2, 0.25) is 0 Å². The summed E-state index contributed by atoms with van der Waals surface area (Å²) in [6.45, 7) is 0.627. The minimum Gasteiger partial charge on any atom is -0.305 e. The first kappa shape index (κ1) is 16.0. The van der Waals surface area contributed by atoms with Crippen LogP contribution in [0.4, 0.5) is 13.2 Å². The van der Waals surface area contributed by atoms with Crippen LogP contribution in [-0.4, -0.2) is 19.0 Å². The van der Waals surface area contributed by atoms with Crippen molar-refractivity contribution in [3.8, 4) is 0 Å². The summed E-state index contributed by atoms with van der Waals surface area (Å²) in [6.07, 6.45) is -4.31. The van der Waals surface area contributed by atoms with Crippen molar-refractivity contribution in [2.75, 3.05) is 14.1 Å². The van der Waals surface area contributed by atoms with Crippen LogP contribution in [0, 0.1) is 0 Å². The monoisotopic (exact) mass is 333 g/mol. The number of nitrogens with zero attached hydrogens (tertiary/aromatic N) is 1. The number of benzene rings is 2. The largest absolute Gasteiger partial charge is 0.417 e. The molecule has 104 valence electrons. The second-order valence-corrected chi connectivity index (χ2v) is 4.60. The van der Waals surface area contributed by atoms with E-state index in [9.17, 15) is 13.2 Å². The Morgan fingerprint density at radius 3 is 2.32 bits per heavy atom. The molecule has 0 radical (unpaired) electrons. The Morgan fingerprint density at radius 2 is 1.74 bits per heavy atom. The first-order valence-electron chi connectivity index (χ1n) is 5.61. The number of halogens is 4. The van der Waals surface area contributed by atoms with Crippen molar-refractivity contribution >= 4 is 27.8 Å². The number of hydrogen-bond donors (Lipinski definition) is 0. The fraction of sp³-hybridized carbons (Fsp3) is 0.286. The number of hydrogen-bond acceptors (Lipinski definition) is 1. The van der Waals surface area contributed by atoms with E-state index in [1.54, 1.807) is 18.2 Å². The normalized spacial score (nSPS) is 11.7. The zero-order valence-electron chi connectivity index (χ0n) is 10.7. The molecule has 5 heteroatoms. The van der Waals surface area contributed by atoms with Gasteiger partial charge in [-0.1, -0.05) is 24.3 Å². The van der Waals surface area contributed by atoms with Gasteiger partial charge in [0.15, 0.2) is 0 Å². The van der Waals surface area contributed by atoms with Crippen LogP contribution in [0.5, 0.6) is 0 Å². The quantitative estimate of drug-likeness (QED) is 0.782. The van der Waals surface area contributed by atoms with Gasteiger partial charge >= 0.3 is 6.18 Å². The number of alkyl halides is 3. The molecule has 0 aliphatic heterocycles. The lowest BCUT2D eigenvalue weighted by Crippen LogP contribution is -2.11. The van der Waals surface area contributed by atoms with Gasteiger partial charge in [0, 0.05) is 6.54 Å². The summed E-state index contributed by atoms with van der Waals surface area (Å²) in [5.74, 6) is 0. The van der Waals surface area contributed by atoms with Crippen LogP contribution < -0.4 is 0 Å². The van der Waals surface area contributed by atoms with Crippen molar-refractivity contribution in [3.05, 3.63) is 47.5 Å². The van der Waals surface area contributed by atoms with E-state index in [0.29, 0.717) is 11.9 Å². The van der Waals surface area contributed by atoms with Crippen molar-refractivity contribution in [2.24, 2.45) is 0 Å². The molecule has 0 spiro atoms. The molecular weight excluding hydrogens is 319 g/mol. The van der Waals surface area contributed by atoms with Gasteiger partial charge < -0.3 is 4.90 Å². The number of fused-ring (bicyclic) bond motifs is 1. The van der Waals surface area contributed by atoms with Gasteiger partial charge in [-0.05, 0) is 42.6 Å².